The van der Waals surface area contributed by atoms with Gasteiger partial charge in [-0.15, -0.1) is 11.8 Å². The second-order valence-electron chi connectivity index (χ2n) is 3.27. The number of anilines is 1. The van der Waals surface area contributed by atoms with E-state index in [9.17, 15) is 0 Å². The highest BCUT2D eigenvalue weighted by atomic mass is 32.2. The van der Waals surface area contributed by atoms with Crippen LogP contribution in [0.5, 0.6) is 0 Å². The van der Waals surface area contributed by atoms with Crippen molar-refractivity contribution in [3.8, 4) is 12.1 Å². The summed E-state index contributed by atoms with van der Waals surface area (Å²) in [6.45, 7) is 2.13. The predicted octanol–water partition coefficient (Wildman–Crippen LogP) is 3.53. The zero-order valence-corrected chi connectivity index (χ0v) is 10.4. The molecule has 0 saturated heterocycles. The first-order valence-electron chi connectivity index (χ1n) is 5.30. The first-order valence-corrected chi connectivity index (χ1v) is 6.29. The fourth-order valence-electron chi connectivity index (χ4n) is 1.16. The molecular formula is C13H13N3S. The van der Waals surface area contributed by atoms with Crippen LogP contribution in [-0.2, 0) is 0 Å². The van der Waals surface area contributed by atoms with Crippen molar-refractivity contribution >= 4 is 17.4 Å². The molecule has 0 radical (unpaired) electrons. The van der Waals surface area contributed by atoms with E-state index in [4.69, 9.17) is 10.5 Å². The molecule has 0 heterocycles. The van der Waals surface area contributed by atoms with Crippen molar-refractivity contribution in [1.82, 2.24) is 0 Å². The molecule has 0 saturated carbocycles. The van der Waals surface area contributed by atoms with Gasteiger partial charge in [0.2, 0.25) is 0 Å². The van der Waals surface area contributed by atoms with Gasteiger partial charge in [-0.1, -0.05) is 19.1 Å². The average molecular weight is 243 g/mol. The molecule has 17 heavy (non-hydrogen) atoms. The molecule has 4 heteroatoms. The first-order chi connectivity index (χ1) is 8.31. The minimum absolute atomic E-state index is 0.0697. The lowest BCUT2D eigenvalue weighted by atomic mass is 10.3. The Hall–Kier alpha value is -1.91. The topological polar surface area (TPSA) is 59.6 Å². The lowest BCUT2D eigenvalue weighted by molar-refractivity contribution is 1.10. The third-order valence-corrected chi connectivity index (χ3v) is 3.24. The number of thioether (sulfide) groups is 1. The highest BCUT2D eigenvalue weighted by Gasteiger charge is 2.00. The van der Waals surface area contributed by atoms with E-state index in [2.05, 4.69) is 12.2 Å². The van der Waals surface area contributed by atoms with Crippen molar-refractivity contribution in [1.29, 1.82) is 10.5 Å². The van der Waals surface area contributed by atoms with Gasteiger partial charge in [0, 0.05) is 11.1 Å². The number of benzene rings is 1. The van der Waals surface area contributed by atoms with Crippen LogP contribution in [0.3, 0.4) is 0 Å². The van der Waals surface area contributed by atoms with Crippen LogP contribution >= 0.6 is 11.8 Å². The quantitative estimate of drug-likeness (QED) is 0.635. The second kappa shape index (κ2) is 7.38. The smallest absolute Gasteiger partial charge is 0.145 e. The summed E-state index contributed by atoms with van der Waals surface area (Å²) in [7, 11) is 0. The van der Waals surface area contributed by atoms with E-state index in [0.29, 0.717) is 0 Å². The zero-order chi connectivity index (χ0) is 12.5. The SMILES string of the molecule is CCCSc1ccccc1NC=C(C#N)C#N. The maximum Gasteiger partial charge on any atom is 0.145 e. The second-order valence-corrected chi connectivity index (χ2v) is 4.41. The minimum atomic E-state index is 0.0697. The summed E-state index contributed by atoms with van der Waals surface area (Å²) in [6, 6.07) is 11.5. The van der Waals surface area contributed by atoms with Gasteiger partial charge in [0.1, 0.15) is 17.7 Å². The third kappa shape index (κ3) is 4.22. The summed E-state index contributed by atoms with van der Waals surface area (Å²) in [5, 5.41) is 20.3. The molecule has 0 aliphatic heterocycles. The van der Waals surface area contributed by atoms with Crippen molar-refractivity contribution in [2.75, 3.05) is 11.1 Å². The highest BCUT2D eigenvalue weighted by molar-refractivity contribution is 7.99. The standard InChI is InChI=1S/C13H13N3S/c1-2-7-17-13-6-4-3-5-12(13)16-10-11(8-14)9-15/h3-6,10,16H,2,7H2,1H3. The Balaban J connectivity index is 2.81. The average Bonchev–Trinajstić information content (AvgIpc) is 2.38. The molecule has 1 aromatic rings. The van der Waals surface area contributed by atoms with Crippen LogP contribution in [0, 0.1) is 22.7 Å². The fraction of sp³-hybridized carbons (Fsp3) is 0.231. The first kappa shape index (κ1) is 13.2. The summed E-state index contributed by atoms with van der Waals surface area (Å²) in [6.07, 6.45) is 2.54. The van der Waals surface area contributed by atoms with Gasteiger partial charge in [0.05, 0.1) is 5.69 Å². The number of hydrogen-bond donors (Lipinski definition) is 1. The molecule has 0 spiro atoms. The van der Waals surface area contributed by atoms with Crippen LogP contribution in [0.2, 0.25) is 0 Å². The number of nitrogens with one attached hydrogen (secondary N) is 1. The van der Waals surface area contributed by atoms with E-state index in [1.165, 1.54) is 6.20 Å². The molecule has 0 aliphatic carbocycles. The number of nitrogens with zero attached hydrogens (tertiary/aromatic N) is 2. The molecule has 1 aromatic carbocycles. The normalized spacial score (nSPS) is 8.88. The van der Waals surface area contributed by atoms with Crippen molar-refractivity contribution < 1.29 is 0 Å². The molecule has 0 atom stereocenters. The lowest BCUT2D eigenvalue weighted by Crippen LogP contribution is -1.92. The molecule has 0 aromatic heterocycles. The number of rotatable bonds is 5. The van der Waals surface area contributed by atoms with Crippen LogP contribution in [0.25, 0.3) is 0 Å². The highest BCUT2D eigenvalue weighted by Crippen LogP contribution is 2.27. The summed E-state index contributed by atoms with van der Waals surface area (Å²) < 4.78 is 0. The van der Waals surface area contributed by atoms with Gasteiger partial charge in [-0.25, -0.2) is 0 Å². The Morgan fingerprint density at radius 1 is 1.35 bits per heavy atom. The van der Waals surface area contributed by atoms with Gasteiger partial charge in [-0.05, 0) is 24.3 Å². The molecule has 0 aliphatic rings. The summed E-state index contributed by atoms with van der Waals surface area (Å²) in [5.41, 5.74) is 0.995. The van der Waals surface area contributed by atoms with Crippen molar-refractivity contribution in [2.45, 2.75) is 18.2 Å². The molecule has 3 nitrogen and oxygen atoms in total. The summed E-state index contributed by atoms with van der Waals surface area (Å²) in [5.74, 6) is 1.05. The number of nitriles is 2. The molecule has 1 N–H and O–H groups in total. The third-order valence-electron chi connectivity index (χ3n) is 1.96. The molecular weight excluding hydrogens is 230 g/mol. The number of hydrogen-bond acceptors (Lipinski definition) is 4. The van der Waals surface area contributed by atoms with E-state index in [0.717, 1.165) is 22.8 Å². The number of allylic oxidation sites excluding steroid dienone is 1. The predicted molar refractivity (Wildman–Crippen MR) is 70.4 cm³/mol. The zero-order valence-electron chi connectivity index (χ0n) is 9.60. The maximum absolute atomic E-state index is 8.63. The van der Waals surface area contributed by atoms with Crippen LogP contribution in [0.1, 0.15) is 13.3 Å². The van der Waals surface area contributed by atoms with Gasteiger partial charge in [-0.2, -0.15) is 10.5 Å². The van der Waals surface area contributed by atoms with Gasteiger partial charge >= 0.3 is 0 Å². The van der Waals surface area contributed by atoms with Crippen molar-refractivity contribution in [3.63, 3.8) is 0 Å². The minimum Gasteiger partial charge on any atom is -0.359 e. The molecule has 0 fully saturated rings. The Kier molecular flexibility index (Phi) is 5.71. The Morgan fingerprint density at radius 2 is 2.06 bits per heavy atom. The molecule has 0 bridgehead atoms. The van der Waals surface area contributed by atoms with E-state index in [1.807, 2.05) is 36.4 Å². The molecule has 1 rings (SSSR count). The Labute approximate surface area is 106 Å². The fourth-order valence-corrected chi connectivity index (χ4v) is 2.04. The summed E-state index contributed by atoms with van der Waals surface area (Å²) >= 11 is 1.76. The van der Waals surface area contributed by atoms with Crippen LogP contribution in [0.4, 0.5) is 5.69 Å². The van der Waals surface area contributed by atoms with Crippen LogP contribution in [-0.4, -0.2) is 5.75 Å². The van der Waals surface area contributed by atoms with Gasteiger partial charge in [-0.3, -0.25) is 0 Å². The molecule has 86 valence electrons. The summed E-state index contributed by atoms with van der Waals surface area (Å²) in [4.78, 5) is 1.13. The Morgan fingerprint density at radius 3 is 2.71 bits per heavy atom. The van der Waals surface area contributed by atoms with Crippen LogP contribution < -0.4 is 5.32 Å². The largest absolute Gasteiger partial charge is 0.359 e. The van der Waals surface area contributed by atoms with E-state index < -0.39 is 0 Å². The Bertz CT molecular complexity index is 464. The van der Waals surface area contributed by atoms with Crippen molar-refractivity contribution in [2.24, 2.45) is 0 Å². The van der Waals surface area contributed by atoms with Gasteiger partial charge in [0.15, 0.2) is 0 Å². The number of para-hydroxylation sites is 1. The van der Waals surface area contributed by atoms with E-state index >= 15 is 0 Å². The molecule has 0 unspecified atom stereocenters. The molecule has 0 amide bonds. The van der Waals surface area contributed by atoms with E-state index in [-0.39, 0.29) is 5.57 Å². The lowest BCUT2D eigenvalue weighted by Gasteiger charge is -2.07. The van der Waals surface area contributed by atoms with Gasteiger partial charge < -0.3 is 5.32 Å². The maximum atomic E-state index is 8.63. The van der Waals surface area contributed by atoms with Gasteiger partial charge in [0.25, 0.3) is 0 Å². The van der Waals surface area contributed by atoms with Crippen molar-refractivity contribution in [3.05, 3.63) is 36.0 Å². The van der Waals surface area contributed by atoms with E-state index in [1.54, 1.807) is 11.8 Å². The van der Waals surface area contributed by atoms with Crippen LogP contribution in [0.15, 0.2) is 40.9 Å². The monoisotopic (exact) mass is 243 g/mol.